The number of aryl methyl sites for hydroxylation is 2. The number of piperidine rings is 1. The number of nitrogens with zero attached hydrogens (tertiary/aromatic N) is 6. The van der Waals surface area contributed by atoms with Crippen LogP contribution in [0, 0.1) is 13.8 Å². The molecule has 0 spiro atoms. The first-order valence-corrected chi connectivity index (χ1v) is 13.2. The molecule has 1 unspecified atom stereocenters. The number of anilines is 1. The third-order valence-electron chi connectivity index (χ3n) is 8.11. The molecule has 36 heavy (non-hydrogen) atoms. The van der Waals surface area contributed by atoms with Crippen molar-refractivity contribution in [2.45, 2.75) is 51.1 Å². The maximum absolute atomic E-state index is 9.85. The fraction of sp³-hybridized carbons (Fsp3) is 0.593. The molecule has 9 heteroatoms. The highest BCUT2D eigenvalue weighted by molar-refractivity contribution is 5.82. The van der Waals surface area contributed by atoms with Gasteiger partial charge in [0.25, 0.3) is 0 Å². The Balaban J connectivity index is 1.30. The lowest BCUT2D eigenvalue weighted by Crippen LogP contribution is -2.48. The predicted octanol–water partition coefficient (Wildman–Crippen LogP) is 2.60. The first-order chi connectivity index (χ1) is 17.6. The maximum Gasteiger partial charge on any atom is 0.159 e. The summed E-state index contributed by atoms with van der Waals surface area (Å²) < 4.78 is 13.1. The van der Waals surface area contributed by atoms with Gasteiger partial charge in [0.1, 0.15) is 11.6 Å². The van der Waals surface area contributed by atoms with E-state index in [1.54, 1.807) is 0 Å². The van der Waals surface area contributed by atoms with Crippen LogP contribution < -0.4 is 4.90 Å². The highest BCUT2D eigenvalue weighted by atomic mass is 16.5. The van der Waals surface area contributed by atoms with Gasteiger partial charge >= 0.3 is 0 Å². The summed E-state index contributed by atoms with van der Waals surface area (Å²) >= 11 is 0. The molecule has 6 rings (SSSR count). The van der Waals surface area contributed by atoms with Crippen LogP contribution in [0.2, 0.25) is 0 Å². The second kappa shape index (κ2) is 10.0. The third kappa shape index (κ3) is 4.49. The van der Waals surface area contributed by atoms with E-state index in [9.17, 15) is 5.11 Å². The van der Waals surface area contributed by atoms with E-state index < -0.39 is 0 Å². The van der Waals surface area contributed by atoms with Crippen molar-refractivity contribution >= 4 is 16.7 Å². The monoisotopic (exact) mass is 492 g/mol. The zero-order valence-corrected chi connectivity index (χ0v) is 21.3. The van der Waals surface area contributed by atoms with E-state index in [0.29, 0.717) is 37.5 Å². The number of aromatic nitrogens is 4. The minimum atomic E-state index is -0.105. The van der Waals surface area contributed by atoms with Crippen LogP contribution in [0.25, 0.3) is 16.7 Å². The Bertz CT molecular complexity index is 1220. The zero-order chi connectivity index (χ0) is 24.6. The highest BCUT2D eigenvalue weighted by Crippen LogP contribution is 2.34. The standard InChI is InChI=1S/C27H36N6O3/c1-18-11-21-14-28-33(27-13-26(29-19(2)30-27)32-8-10-36-17-23(32)15-34)25(21)12-24(18)20-3-6-31(7-4-20)22-5-9-35-16-22/h11-14,20,22-23,34H,3-10,15-17H2,1-2H3/t22?,23-/m1/s1. The number of aliphatic hydroxyl groups excluding tert-OH is 1. The molecule has 0 amide bonds. The van der Waals surface area contributed by atoms with Crippen molar-refractivity contribution in [2.75, 3.05) is 57.6 Å². The molecule has 1 aromatic carbocycles. The van der Waals surface area contributed by atoms with Gasteiger partial charge in [0.15, 0.2) is 5.82 Å². The first-order valence-electron chi connectivity index (χ1n) is 13.2. The van der Waals surface area contributed by atoms with Crippen LogP contribution >= 0.6 is 0 Å². The Morgan fingerprint density at radius 3 is 2.53 bits per heavy atom. The largest absolute Gasteiger partial charge is 0.394 e. The molecule has 0 radical (unpaired) electrons. The van der Waals surface area contributed by atoms with Gasteiger partial charge in [0.2, 0.25) is 0 Å². The van der Waals surface area contributed by atoms with Crippen LogP contribution in [0.15, 0.2) is 24.4 Å². The number of fused-ring (bicyclic) bond motifs is 1. The average Bonchev–Trinajstić information content (AvgIpc) is 3.58. The fourth-order valence-electron chi connectivity index (χ4n) is 6.11. The van der Waals surface area contributed by atoms with E-state index in [-0.39, 0.29) is 12.6 Å². The van der Waals surface area contributed by atoms with Crippen molar-refractivity contribution < 1.29 is 14.6 Å². The summed E-state index contributed by atoms with van der Waals surface area (Å²) in [7, 11) is 0. The molecule has 0 aliphatic carbocycles. The highest BCUT2D eigenvalue weighted by Gasteiger charge is 2.29. The summed E-state index contributed by atoms with van der Waals surface area (Å²) in [6.07, 6.45) is 5.44. The summed E-state index contributed by atoms with van der Waals surface area (Å²) in [5.41, 5.74) is 3.83. The van der Waals surface area contributed by atoms with Gasteiger partial charge in [-0.15, -0.1) is 0 Å². The molecule has 2 aromatic heterocycles. The van der Waals surface area contributed by atoms with E-state index in [4.69, 9.17) is 19.6 Å². The Kier molecular flexibility index (Phi) is 6.64. The average molecular weight is 493 g/mol. The predicted molar refractivity (Wildman–Crippen MR) is 138 cm³/mol. The molecule has 2 atom stereocenters. The maximum atomic E-state index is 9.85. The van der Waals surface area contributed by atoms with Gasteiger partial charge in [0.05, 0.1) is 44.2 Å². The summed E-state index contributed by atoms with van der Waals surface area (Å²) in [6.45, 7) is 10.0. The van der Waals surface area contributed by atoms with Crippen molar-refractivity contribution in [3.63, 3.8) is 0 Å². The van der Waals surface area contributed by atoms with E-state index in [1.165, 1.54) is 30.4 Å². The second-order valence-corrected chi connectivity index (χ2v) is 10.4. The summed E-state index contributed by atoms with van der Waals surface area (Å²) in [5, 5.41) is 15.7. The van der Waals surface area contributed by atoms with Crippen LogP contribution in [0.1, 0.15) is 42.1 Å². The van der Waals surface area contributed by atoms with Crippen molar-refractivity contribution in [3.05, 3.63) is 41.3 Å². The number of ether oxygens (including phenoxy) is 2. The summed E-state index contributed by atoms with van der Waals surface area (Å²) in [4.78, 5) is 14.2. The lowest BCUT2D eigenvalue weighted by Gasteiger charge is -2.36. The summed E-state index contributed by atoms with van der Waals surface area (Å²) in [6, 6.07) is 7.08. The Labute approximate surface area is 212 Å². The van der Waals surface area contributed by atoms with Crippen molar-refractivity contribution in [3.8, 4) is 5.82 Å². The van der Waals surface area contributed by atoms with Crippen molar-refractivity contribution in [2.24, 2.45) is 0 Å². The topological polar surface area (TPSA) is 88.8 Å². The SMILES string of the molecule is Cc1nc(N2CCOC[C@H]2CO)cc(-n2ncc3cc(C)c(C4CCN(C5CCOC5)CC4)cc32)n1. The minimum absolute atomic E-state index is 0.0261. The normalized spacial score (nSPS) is 24.1. The number of morpholine rings is 1. The van der Waals surface area contributed by atoms with Crippen LogP contribution in [0.4, 0.5) is 5.82 Å². The van der Waals surface area contributed by atoms with Gasteiger partial charge in [-0.1, -0.05) is 0 Å². The van der Waals surface area contributed by atoms with E-state index in [0.717, 1.165) is 48.8 Å². The fourth-order valence-corrected chi connectivity index (χ4v) is 6.11. The third-order valence-corrected chi connectivity index (χ3v) is 8.11. The van der Waals surface area contributed by atoms with Gasteiger partial charge in [0, 0.05) is 30.6 Å². The van der Waals surface area contributed by atoms with E-state index >= 15 is 0 Å². The number of benzene rings is 1. The number of aliphatic hydroxyl groups is 1. The lowest BCUT2D eigenvalue weighted by atomic mass is 9.86. The van der Waals surface area contributed by atoms with Crippen LogP contribution in [-0.2, 0) is 9.47 Å². The van der Waals surface area contributed by atoms with Crippen LogP contribution in [0.5, 0.6) is 0 Å². The van der Waals surface area contributed by atoms with Gasteiger partial charge in [-0.05, 0) is 75.4 Å². The molecular weight excluding hydrogens is 456 g/mol. The molecule has 3 fully saturated rings. The van der Waals surface area contributed by atoms with Crippen LogP contribution in [-0.4, -0.2) is 94.5 Å². The zero-order valence-electron chi connectivity index (χ0n) is 21.3. The molecular formula is C27H36N6O3. The Hall–Kier alpha value is -2.59. The lowest BCUT2D eigenvalue weighted by molar-refractivity contribution is 0.0722. The Morgan fingerprint density at radius 1 is 0.944 bits per heavy atom. The number of rotatable bonds is 5. The molecule has 3 aliphatic rings. The molecule has 1 N–H and O–H groups in total. The Morgan fingerprint density at radius 2 is 1.75 bits per heavy atom. The summed E-state index contributed by atoms with van der Waals surface area (Å²) in [5.74, 6) is 2.79. The van der Waals surface area contributed by atoms with Gasteiger partial charge in [-0.3, -0.25) is 4.90 Å². The van der Waals surface area contributed by atoms with E-state index in [1.807, 2.05) is 23.9 Å². The van der Waals surface area contributed by atoms with Gasteiger partial charge in [-0.25, -0.2) is 14.6 Å². The van der Waals surface area contributed by atoms with Gasteiger partial charge in [-0.2, -0.15) is 5.10 Å². The van der Waals surface area contributed by atoms with E-state index in [2.05, 4.69) is 33.8 Å². The quantitative estimate of drug-likeness (QED) is 0.582. The minimum Gasteiger partial charge on any atom is -0.394 e. The second-order valence-electron chi connectivity index (χ2n) is 10.4. The molecule has 0 saturated carbocycles. The molecule has 5 heterocycles. The molecule has 0 bridgehead atoms. The molecule has 3 aliphatic heterocycles. The van der Waals surface area contributed by atoms with Crippen LogP contribution in [0.3, 0.4) is 0 Å². The smallest absolute Gasteiger partial charge is 0.159 e. The van der Waals surface area contributed by atoms with Gasteiger partial charge < -0.3 is 19.5 Å². The number of likely N-dealkylation sites (tertiary alicyclic amines) is 1. The molecule has 3 saturated heterocycles. The number of hydrogen-bond acceptors (Lipinski definition) is 8. The molecule has 3 aromatic rings. The van der Waals surface area contributed by atoms with Crippen molar-refractivity contribution in [1.82, 2.24) is 24.6 Å². The first kappa shape index (κ1) is 23.8. The molecule has 192 valence electrons. The van der Waals surface area contributed by atoms with Crippen molar-refractivity contribution in [1.29, 1.82) is 0 Å². The number of hydrogen-bond donors (Lipinski definition) is 1. The molecule has 9 nitrogen and oxygen atoms in total.